The van der Waals surface area contributed by atoms with E-state index in [4.69, 9.17) is 0 Å². The molecule has 0 aliphatic rings. The molecule has 0 nitrogen and oxygen atoms in total. The summed E-state index contributed by atoms with van der Waals surface area (Å²) in [5, 5.41) is 2.57. The first-order valence-corrected chi connectivity index (χ1v) is 5.55. The molecule has 0 aliphatic heterocycles. The summed E-state index contributed by atoms with van der Waals surface area (Å²) in [6, 6.07) is 8.39. The summed E-state index contributed by atoms with van der Waals surface area (Å²) >= 11 is 0. The van der Waals surface area contributed by atoms with E-state index in [0.29, 0.717) is 0 Å². The Bertz CT molecular complexity index is 422. The number of benzene rings is 1. The predicted molar refractivity (Wildman–Crippen MR) is 71.1 cm³/mol. The fraction of sp³-hybridized carbons (Fsp3) is 0.333. The van der Waals surface area contributed by atoms with Crippen LogP contribution in [0.1, 0.15) is 34.6 Å². The molecule has 0 heteroatoms. The van der Waals surface area contributed by atoms with Crippen molar-refractivity contribution >= 4 is 11.6 Å². The highest BCUT2D eigenvalue weighted by molar-refractivity contribution is 5.60. The summed E-state index contributed by atoms with van der Waals surface area (Å²) in [7, 11) is 0. The maximum Gasteiger partial charge on any atom is -0.0156 e. The van der Waals surface area contributed by atoms with Crippen LogP contribution in [0.15, 0.2) is 36.4 Å². The van der Waals surface area contributed by atoms with Gasteiger partial charge in [-0.1, -0.05) is 56.3 Å². The summed E-state index contributed by atoms with van der Waals surface area (Å²) in [6.07, 6.45) is 2.13. The average molecular weight is 202 g/mol. The summed E-state index contributed by atoms with van der Waals surface area (Å²) in [6.45, 7) is 14.2. The molecule has 0 radical (unpaired) electrons. The van der Waals surface area contributed by atoms with E-state index in [9.17, 15) is 0 Å². The van der Waals surface area contributed by atoms with Gasteiger partial charge in [0.2, 0.25) is 0 Å². The van der Waals surface area contributed by atoms with Crippen molar-refractivity contribution in [1.29, 1.82) is 0 Å². The maximum absolute atomic E-state index is 3.96. The van der Waals surface area contributed by atoms with Gasteiger partial charge in [0.15, 0.2) is 0 Å². The van der Waals surface area contributed by atoms with Gasteiger partial charge in [-0.2, -0.15) is 0 Å². The van der Waals surface area contributed by atoms with Gasteiger partial charge in [0.05, 0.1) is 0 Å². The van der Waals surface area contributed by atoms with Gasteiger partial charge in [-0.25, -0.2) is 0 Å². The smallest absolute Gasteiger partial charge is 0.0156 e. The van der Waals surface area contributed by atoms with Crippen LogP contribution in [0.3, 0.4) is 0 Å². The van der Waals surface area contributed by atoms with E-state index >= 15 is 0 Å². The van der Waals surface area contributed by atoms with Gasteiger partial charge in [0.25, 0.3) is 0 Å². The fourth-order valence-corrected chi connectivity index (χ4v) is 1.32. The van der Waals surface area contributed by atoms with E-state index in [2.05, 4.69) is 50.8 Å². The molecule has 1 aromatic rings. The van der Waals surface area contributed by atoms with Crippen LogP contribution in [0.25, 0.3) is 11.6 Å². The van der Waals surface area contributed by atoms with Gasteiger partial charge >= 0.3 is 0 Å². The molecule has 82 valence electrons. The summed E-state index contributed by atoms with van der Waals surface area (Å²) in [5.74, 6) is 0. The SMILES string of the molecule is C=C(C)/C(C)=c1\cccc\c1=C\C.CC. The Labute approximate surface area is 93.7 Å². The molecule has 1 rings (SSSR count). The third kappa shape index (κ3) is 3.75. The van der Waals surface area contributed by atoms with Crippen LogP contribution in [0.4, 0.5) is 0 Å². The molecule has 0 unspecified atom stereocenters. The molecule has 0 saturated carbocycles. The summed E-state index contributed by atoms with van der Waals surface area (Å²) in [5.41, 5.74) is 2.41. The van der Waals surface area contributed by atoms with Gasteiger partial charge in [-0.05, 0) is 36.8 Å². The second-order valence-corrected chi connectivity index (χ2v) is 3.28. The van der Waals surface area contributed by atoms with Crippen molar-refractivity contribution in [1.82, 2.24) is 0 Å². The number of hydrogen-bond donors (Lipinski definition) is 0. The maximum atomic E-state index is 3.96. The minimum absolute atomic E-state index is 1.13. The lowest BCUT2D eigenvalue weighted by Crippen LogP contribution is -2.25. The standard InChI is InChI=1S/C13H16.C2H6/c1-5-12-8-6-7-9-13(12)11(4)10(2)3;1-2/h5-9H,2H2,1,3-4H3;1-2H3/b12-5-,13-11+;. The zero-order valence-corrected chi connectivity index (χ0v) is 10.6. The Hall–Kier alpha value is -1.30. The summed E-state index contributed by atoms with van der Waals surface area (Å²) in [4.78, 5) is 0. The second kappa shape index (κ2) is 7.05. The molecule has 0 N–H and O–H groups in total. The van der Waals surface area contributed by atoms with Crippen LogP contribution in [-0.4, -0.2) is 0 Å². The van der Waals surface area contributed by atoms with Gasteiger partial charge in [-0.15, -0.1) is 0 Å². The first kappa shape index (κ1) is 13.7. The molecule has 0 fully saturated rings. The van der Waals surface area contributed by atoms with E-state index in [1.54, 1.807) is 0 Å². The lowest BCUT2D eigenvalue weighted by Gasteiger charge is -1.99. The fourth-order valence-electron chi connectivity index (χ4n) is 1.32. The molecule has 0 heterocycles. The van der Waals surface area contributed by atoms with Crippen LogP contribution in [0.2, 0.25) is 0 Å². The highest BCUT2D eigenvalue weighted by Gasteiger charge is 1.91. The monoisotopic (exact) mass is 202 g/mol. The van der Waals surface area contributed by atoms with Crippen molar-refractivity contribution in [3.05, 3.63) is 46.9 Å². The lowest BCUT2D eigenvalue weighted by molar-refractivity contribution is 1.41. The summed E-state index contributed by atoms with van der Waals surface area (Å²) < 4.78 is 0. The molecule has 0 spiro atoms. The van der Waals surface area contributed by atoms with Crippen LogP contribution in [0.5, 0.6) is 0 Å². The van der Waals surface area contributed by atoms with Crippen molar-refractivity contribution in [2.75, 3.05) is 0 Å². The van der Waals surface area contributed by atoms with Crippen LogP contribution in [0, 0.1) is 0 Å². The zero-order valence-electron chi connectivity index (χ0n) is 10.6. The molecular formula is C15H22. The van der Waals surface area contributed by atoms with E-state index in [1.165, 1.54) is 16.0 Å². The third-order valence-electron chi connectivity index (χ3n) is 2.32. The van der Waals surface area contributed by atoms with Crippen molar-refractivity contribution in [2.45, 2.75) is 34.6 Å². The van der Waals surface area contributed by atoms with Gasteiger partial charge in [0, 0.05) is 0 Å². The Balaban J connectivity index is 0.000000921. The minimum Gasteiger partial charge on any atom is -0.0958 e. The topological polar surface area (TPSA) is 0 Å². The molecule has 15 heavy (non-hydrogen) atoms. The van der Waals surface area contributed by atoms with Crippen molar-refractivity contribution in [3.63, 3.8) is 0 Å². The highest BCUT2D eigenvalue weighted by Crippen LogP contribution is 2.01. The van der Waals surface area contributed by atoms with E-state index < -0.39 is 0 Å². The molecule has 0 aliphatic carbocycles. The number of rotatable bonds is 1. The molecule has 0 atom stereocenters. The van der Waals surface area contributed by atoms with Crippen molar-refractivity contribution in [3.8, 4) is 0 Å². The third-order valence-corrected chi connectivity index (χ3v) is 2.32. The van der Waals surface area contributed by atoms with E-state index in [0.717, 1.165) is 5.57 Å². The molecule has 0 amide bonds. The quantitative estimate of drug-likeness (QED) is 0.655. The van der Waals surface area contributed by atoms with Crippen LogP contribution >= 0.6 is 0 Å². The van der Waals surface area contributed by atoms with Gasteiger partial charge in [-0.3, -0.25) is 0 Å². The Morgan fingerprint density at radius 3 is 2.13 bits per heavy atom. The highest BCUT2D eigenvalue weighted by atomic mass is 14.0. The van der Waals surface area contributed by atoms with E-state index in [-0.39, 0.29) is 0 Å². The normalized spacial score (nSPS) is 12.7. The Morgan fingerprint density at radius 2 is 1.67 bits per heavy atom. The zero-order chi connectivity index (χ0) is 11.8. The number of hydrogen-bond acceptors (Lipinski definition) is 0. The molecule has 1 aromatic carbocycles. The lowest BCUT2D eigenvalue weighted by atomic mass is 10.1. The van der Waals surface area contributed by atoms with Gasteiger partial charge in [0.1, 0.15) is 0 Å². The van der Waals surface area contributed by atoms with Crippen LogP contribution in [-0.2, 0) is 0 Å². The number of allylic oxidation sites excluding steroid dienone is 1. The second-order valence-electron chi connectivity index (χ2n) is 3.28. The Kier molecular flexibility index (Phi) is 6.44. The molecular weight excluding hydrogens is 180 g/mol. The predicted octanol–water partition coefficient (Wildman–Crippen LogP) is 3.26. The minimum atomic E-state index is 1.13. The van der Waals surface area contributed by atoms with E-state index in [1.807, 2.05) is 20.8 Å². The molecule has 0 saturated heterocycles. The van der Waals surface area contributed by atoms with Crippen molar-refractivity contribution in [2.24, 2.45) is 0 Å². The largest absolute Gasteiger partial charge is 0.0958 e. The average Bonchev–Trinajstić information content (AvgIpc) is 2.30. The molecule has 0 aromatic heterocycles. The molecule has 0 bridgehead atoms. The first-order chi connectivity index (χ1) is 7.16. The van der Waals surface area contributed by atoms with Crippen LogP contribution < -0.4 is 10.4 Å². The first-order valence-electron chi connectivity index (χ1n) is 5.55. The Morgan fingerprint density at radius 1 is 1.13 bits per heavy atom. The van der Waals surface area contributed by atoms with Gasteiger partial charge < -0.3 is 0 Å². The van der Waals surface area contributed by atoms with Crippen molar-refractivity contribution < 1.29 is 0 Å².